The van der Waals surface area contributed by atoms with E-state index in [2.05, 4.69) is 5.32 Å². The molecule has 1 rings (SSSR count). The molecule has 3 nitrogen and oxygen atoms in total. The molecule has 0 aromatic heterocycles. The van der Waals surface area contributed by atoms with Gasteiger partial charge in [-0.1, -0.05) is 0 Å². The van der Waals surface area contributed by atoms with E-state index in [0.29, 0.717) is 0 Å². The highest BCUT2D eigenvalue weighted by atomic mass is 32.2. The molecular weight excluding hydrogens is 138 g/mol. The summed E-state index contributed by atoms with van der Waals surface area (Å²) >= 11 is 0. The first-order valence-electron chi connectivity index (χ1n) is 2.48. The molecule has 1 N–H and O–H groups in total. The molecule has 1 aliphatic rings. The summed E-state index contributed by atoms with van der Waals surface area (Å²) in [7, 11) is -1.49. The molecule has 0 atom stereocenters. The molecule has 0 bridgehead atoms. The molecule has 0 unspecified atom stereocenters. The van der Waals surface area contributed by atoms with Gasteiger partial charge in [-0.25, -0.2) is 8.42 Å². The minimum absolute atomic E-state index is 0.266. The third-order valence-electron chi connectivity index (χ3n) is 1.06. The van der Waals surface area contributed by atoms with Crippen LogP contribution in [-0.2, 0) is 9.84 Å². The van der Waals surface area contributed by atoms with Gasteiger partial charge in [-0.05, 0) is 12.2 Å². The van der Waals surface area contributed by atoms with Crippen LogP contribution in [0.1, 0.15) is 0 Å². The van der Waals surface area contributed by atoms with E-state index in [1.807, 2.05) is 0 Å². The molecule has 4 heteroatoms. The SMILES string of the molecule is CNC1=CC=CS1(=O)=O. The second kappa shape index (κ2) is 1.88. The molecule has 1 heterocycles. The lowest BCUT2D eigenvalue weighted by Crippen LogP contribution is -2.11. The maximum atomic E-state index is 10.8. The highest BCUT2D eigenvalue weighted by Crippen LogP contribution is 2.11. The minimum atomic E-state index is -3.07. The minimum Gasteiger partial charge on any atom is -0.379 e. The number of hydrogen-bond acceptors (Lipinski definition) is 3. The van der Waals surface area contributed by atoms with Crippen molar-refractivity contribution in [1.82, 2.24) is 5.32 Å². The summed E-state index contributed by atoms with van der Waals surface area (Å²) in [6.45, 7) is 0. The summed E-state index contributed by atoms with van der Waals surface area (Å²) in [6, 6.07) is 0. The van der Waals surface area contributed by atoms with Crippen LogP contribution in [0.4, 0.5) is 0 Å². The van der Waals surface area contributed by atoms with Gasteiger partial charge in [-0.3, -0.25) is 0 Å². The summed E-state index contributed by atoms with van der Waals surface area (Å²) in [5, 5.41) is 4.00. The Bertz CT molecular complexity index is 261. The van der Waals surface area contributed by atoms with E-state index in [1.54, 1.807) is 7.05 Å². The Morgan fingerprint density at radius 3 is 2.44 bits per heavy atom. The van der Waals surface area contributed by atoms with E-state index < -0.39 is 9.84 Å². The van der Waals surface area contributed by atoms with Gasteiger partial charge in [0.1, 0.15) is 5.03 Å². The fraction of sp³-hybridized carbons (Fsp3) is 0.200. The molecule has 0 amide bonds. The quantitative estimate of drug-likeness (QED) is 0.564. The van der Waals surface area contributed by atoms with Crippen LogP contribution in [0.5, 0.6) is 0 Å². The topological polar surface area (TPSA) is 46.2 Å². The Hall–Kier alpha value is -0.770. The Labute approximate surface area is 54.0 Å². The van der Waals surface area contributed by atoms with Gasteiger partial charge >= 0.3 is 0 Å². The van der Waals surface area contributed by atoms with Crippen molar-refractivity contribution in [1.29, 1.82) is 0 Å². The van der Waals surface area contributed by atoms with Gasteiger partial charge in [0.25, 0.3) is 0 Å². The zero-order chi connectivity index (χ0) is 6.91. The fourth-order valence-corrected chi connectivity index (χ4v) is 1.61. The molecule has 50 valence electrons. The lowest BCUT2D eigenvalue weighted by atomic mass is 10.6. The van der Waals surface area contributed by atoms with E-state index in [0.717, 1.165) is 0 Å². The van der Waals surface area contributed by atoms with E-state index in [-0.39, 0.29) is 5.03 Å². The Morgan fingerprint density at radius 1 is 1.56 bits per heavy atom. The van der Waals surface area contributed by atoms with Crippen LogP contribution in [-0.4, -0.2) is 15.5 Å². The summed E-state index contributed by atoms with van der Waals surface area (Å²) in [4.78, 5) is 0. The fourth-order valence-electron chi connectivity index (χ4n) is 0.624. The van der Waals surface area contributed by atoms with Gasteiger partial charge in [0.2, 0.25) is 9.84 Å². The average molecular weight is 145 g/mol. The molecule has 0 aliphatic carbocycles. The molecular formula is C5H7NO2S. The predicted molar refractivity (Wildman–Crippen MR) is 35.2 cm³/mol. The normalized spacial score (nSPS) is 21.7. The van der Waals surface area contributed by atoms with Gasteiger partial charge in [-0.15, -0.1) is 0 Å². The maximum absolute atomic E-state index is 10.8. The molecule has 9 heavy (non-hydrogen) atoms. The molecule has 0 aromatic rings. The Morgan fingerprint density at radius 2 is 2.22 bits per heavy atom. The van der Waals surface area contributed by atoms with Crippen LogP contribution in [0.2, 0.25) is 0 Å². The number of sulfone groups is 1. The van der Waals surface area contributed by atoms with Gasteiger partial charge in [0.05, 0.1) is 0 Å². The van der Waals surface area contributed by atoms with Gasteiger partial charge in [-0.2, -0.15) is 0 Å². The van der Waals surface area contributed by atoms with E-state index in [9.17, 15) is 8.42 Å². The van der Waals surface area contributed by atoms with Crippen molar-refractivity contribution in [2.45, 2.75) is 0 Å². The molecule has 0 saturated carbocycles. The van der Waals surface area contributed by atoms with Crippen LogP contribution >= 0.6 is 0 Å². The van der Waals surface area contributed by atoms with Crippen LogP contribution in [0.25, 0.3) is 0 Å². The number of hydrogen-bond donors (Lipinski definition) is 1. The predicted octanol–water partition coefficient (Wildman–Crippen LogP) is -0.0107. The van der Waals surface area contributed by atoms with Crippen molar-refractivity contribution in [2.75, 3.05) is 7.05 Å². The standard InChI is InChI=1S/C5H7NO2S/c1-6-5-3-2-4-9(5,7)8/h2-4,6H,1H3. The molecule has 0 spiro atoms. The smallest absolute Gasteiger partial charge is 0.214 e. The third kappa shape index (κ3) is 0.977. The van der Waals surface area contributed by atoms with Crippen LogP contribution in [0.3, 0.4) is 0 Å². The van der Waals surface area contributed by atoms with E-state index in [1.165, 1.54) is 17.6 Å². The average Bonchev–Trinajstić information content (AvgIpc) is 2.08. The third-order valence-corrected chi connectivity index (χ3v) is 2.53. The second-order valence-corrected chi connectivity index (χ2v) is 3.46. The largest absolute Gasteiger partial charge is 0.379 e. The van der Waals surface area contributed by atoms with E-state index >= 15 is 0 Å². The number of rotatable bonds is 1. The van der Waals surface area contributed by atoms with Crippen LogP contribution < -0.4 is 5.32 Å². The van der Waals surface area contributed by atoms with Crippen molar-refractivity contribution in [3.63, 3.8) is 0 Å². The molecule has 0 fully saturated rings. The number of nitrogens with one attached hydrogen (secondary N) is 1. The lowest BCUT2D eigenvalue weighted by Gasteiger charge is -1.96. The van der Waals surface area contributed by atoms with Crippen molar-refractivity contribution < 1.29 is 8.42 Å². The first-order chi connectivity index (χ1) is 4.17. The molecule has 0 aromatic carbocycles. The molecule has 1 aliphatic heterocycles. The highest BCUT2D eigenvalue weighted by molar-refractivity contribution is 7.98. The Balaban J connectivity index is 3.07. The lowest BCUT2D eigenvalue weighted by molar-refractivity contribution is 0.608. The number of allylic oxidation sites excluding steroid dienone is 2. The van der Waals surface area contributed by atoms with Crippen LogP contribution in [0, 0.1) is 0 Å². The zero-order valence-electron chi connectivity index (χ0n) is 4.96. The Kier molecular flexibility index (Phi) is 1.32. The van der Waals surface area contributed by atoms with Gasteiger partial charge in [0, 0.05) is 12.5 Å². The van der Waals surface area contributed by atoms with Crippen molar-refractivity contribution in [3.8, 4) is 0 Å². The maximum Gasteiger partial charge on any atom is 0.214 e. The second-order valence-electron chi connectivity index (χ2n) is 1.65. The monoisotopic (exact) mass is 145 g/mol. The zero-order valence-corrected chi connectivity index (χ0v) is 5.77. The van der Waals surface area contributed by atoms with Crippen molar-refractivity contribution in [2.24, 2.45) is 0 Å². The summed E-state index contributed by atoms with van der Waals surface area (Å²) in [5.74, 6) is 0. The summed E-state index contributed by atoms with van der Waals surface area (Å²) in [6.07, 6.45) is 3.02. The van der Waals surface area contributed by atoms with Gasteiger partial charge < -0.3 is 5.32 Å². The summed E-state index contributed by atoms with van der Waals surface area (Å²) in [5.41, 5.74) is 0. The van der Waals surface area contributed by atoms with E-state index in [4.69, 9.17) is 0 Å². The molecule has 0 radical (unpaired) electrons. The summed E-state index contributed by atoms with van der Waals surface area (Å²) < 4.78 is 21.6. The first kappa shape index (κ1) is 6.35. The van der Waals surface area contributed by atoms with Gasteiger partial charge in [0.15, 0.2) is 0 Å². The van der Waals surface area contributed by atoms with Crippen molar-refractivity contribution in [3.05, 3.63) is 22.6 Å². The highest BCUT2D eigenvalue weighted by Gasteiger charge is 2.14. The first-order valence-corrected chi connectivity index (χ1v) is 4.02. The molecule has 0 saturated heterocycles. The van der Waals surface area contributed by atoms with Crippen molar-refractivity contribution >= 4 is 9.84 Å². The van der Waals surface area contributed by atoms with Crippen LogP contribution in [0.15, 0.2) is 22.6 Å².